The van der Waals surface area contributed by atoms with Crippen LogP contribution in [0.25, 0.3) is 0 Å². The highest BCUT2D eigenvalue weighted by Crippen LogP contribution is 2.27. The Morgan fingerprint density at radius 3 is 2.71 bits per heavy atom. The number of anilines is 1. The number of hydrogen-bond donors (Lipinski definition) is 1. The molecule has 1 heterocycles. The lowest BCUT2D eigenvalue weighted by Crippen LogP contribution is -2.24. The van der Waals surface area contributed by atoms with E-state index in [1.165, 1.54) is 11.5 Å². The number of hydrogen-bond acceptors (Lipinski definition) is 4. The van der Waals surface area contributed by atoms with Gasteiger partial charge in [-0.1, -0.05) is 0 Å². The summed E-state index contributed by atoms with van der Waals surface area (Å²) in [5, 5.41) is 14.1. The van der Waals surface area contributed by atoms with Crippen LogP contribution < -0.4 is 5.32 Å². The van der Waals surface area contributed by atoms with E-state index in [1.54, 1.807) is 12.1 Å². The van der Waals surface area contributed by atoms with Crippen molar-refractivity contribution < 1.29 is 4.92 Å². The van der Waals surface area contributed by atoms with Gasteiger partial charge in [0.25, 0.3) is 5.69 Å². The number of thioether (sulfide) groups is 1. The fourth-order valence-corrected chi connectivity index (χ4v) is 3.56. The topological polar surface area (TPSA) is 55.2 Å². The molecule has 0 radical (unpaired) electrons. The van der Waals surface area contributed by atoms with Crippen LogP contribution in [0.3, 0.4) is 0 Å². The first-order valence-electron chi connectivity index (χ1n) is 5.45. The van der Waals surface area contributed by atoms with E-state index in [9.17, 15) is 10.1 Å². The molecule has 0 saturated carbocycles. The van der Waals surface area contributed by atoms with Gasteiger partial charge in [0.15, 0.2) is 0 Å². The highest BCUT2D eigenvalue weighted by Gasteiger charge is 2.15. The number of benzene rings is 1. The molecule has 17 heavy (non-hydrogen) atoms. The summed E-state index contributed by atoms with van der Waals surface area (Å²) in [4.78, 5) is 10.3. The zero-order valence-corrected chi connectivity index (χ0v) is 12.2. The van der Waals surface area contributed by atoms with Gasteiger partial charge >= 0.3 is 0 Å². The molecule has 1 N–H and O–H groups in total. The van der Waals surface area contributed by atoms with Gasteiger partial charge in [-0.25, -0.2) is 0 Å². The van der Waals surface area contributed by atoms with Gasteiger partial charge in [-0.05, 0) is 53.0 Å². The predicted molar refractivity (Wildman–Crippen MR) is 79.8 cm³/mol. The second-order valence-corrected chi connectivity index (χ2v) is 6.34. The van der Waals surface area contributed by atoms with Crippen molar-refractivity contribution in [2.75, 3.05) is 16.8 Å². The average molecular weight is 364 g/mol. The number of halogens is 1. The number of nitrogens with one attached hydrogen (secondary N) is 1. The van der Waals surface area contributed by atoms with Crippen LogP contribution in [-0.4, -0.2) is 22.5 Å². The van der Waals surface area contributed by atoms with E-state index in [4.69, 9.17) is 0 Å². The van der Waals surface area contributed by atoms with Crippen LogP contribution in [-0.2, 0) is 0 Å². The van der Waals surface area contributed by atoms with Gasteiger partial charge < -0.3 is 5.32 Å². The van der Waals surface area contributed by atoms with Crippen molar-refractivity contribution >= 4 is 45.7 Å². The van der Waals surface area contributed by atoms with Crippen molar-refractivity contribution in [2.24, 2.45) is 0 Å². The molecule has 0 spiro atoms. The van der Waals surface area contributed by atoms with E-state index in [2.05, 4.69) is 27.9 Å². The van der Waals surface area contributed by atoms with Gasteiger partial charge in [-0.2, -0.15) is 11.8 Å². The second kappa shape index (κ2) is 5.90. The van der Waals surface area contributed by atoms with Gasteiger partial charge in [0.2, 0.25) is 0 Å². The molecule has 6 heteroatoms. The van der Waals surface area contributed by atoms with E-state index in [0.717, 1.165) is 22.1 Å². The van der Waals surface area contributed by atoms with Gasteiger partial charge in [-0.3, -0.25) is 10.1 Å². The molecular formula is C11H13IN2O2S. The summed E-state index contributed by atoms with van der Waals surface area (Å²) in [6.07, 6.45) is 2.33. The van der Waals surface area contributed by atoms with Crippen LogP contribution in [0.1, 0.15) is 12.8 Å². The second-order valence-electron chi connectivity index (χ2n) is 3.95. The lowest BCUT2D eigenvalue weighted by atomic mass is 10.1. The summed E-state index contributed by atoms with van der Waals surface area (Å²) in [5.74, 6) is 2.39. The Bertz CT molecular complexity index is 422. The maximum Gasteiger partial charge on any atom is 0.270 e. The molecule has 1 aliphatic rings. The Morgan fingerprint density at radius 1 is 1.41 bits per heavy atom. The molecule has 2 rings (SSSR count). The van der Waals surface area contributed by atoms with Crippen molar-refractivity contribution in [3.63, 3.8) is 0 Å². The van der Waals surface area contributed by atoms with Gasteiger partial charge in [0, 0.05) is 27.4 Å². The van der Waals surface area contributed by atoms with Crippen molar-refractivity contribution in [3.05, 3.63) is 31.9 Å². The van der Waals surface area contributed by atoms with Crippen molar-refractivity contribution in [2.45, 2.75) is 18.9 Å². The first kappa shape index (κ1) is 12.9. The molecule has 0 aromatic heterocycles. The minimum atomic E-state index is -0.358. The van der Waals surface area contributed by atoms with Gasteiger partial charge in [0.05, 0.1) is 4.92 Å². The Balaban J connectivity index is 2.08. The first-order valence-corrected chi connectivity index (χ1v) is 7.68. The average Bonchev–Trinajstić information content (AvgIpc) is 2.33. The summed E-state index contributed by atoms with van der Waals surface area (Å²) in [6.45, 7) is 0. The Hall–Kier alpha value is -0.500. The standard InChI is InChI=1S/C11H13IN2O2S/c12-10-7-9(14(15)16)1-2-11(10)13-8-3-5-17-6-4-8/h1-2,7-8,13H,3-6H2. The molecule has 1 fully saturated rings. The molecule has 92 valence electrons. The fourth-order valence-electron chi connectivity index (χ4n) is 1.80. The quantitative estimate of drug-likeness (QED) is 0.507. The molecule has 1 saturated heterocycles. The monoisotopic (exact) mass is 364 g/mol. The summed E-state index contributed by atoms with van der Waals surface area (Å²) < 4.78 is 0.912. The van der Waals surface area contributed by atoms with Crippen LogP contribution in [0.2, 0.25) is 0 Å². The molecular weight excluding hydrogens is 351 g/mol. The molecule has 0 atom stereocenters. The summed E-state index contributed by atoms with van der Waals surface area (Å²) in [6, 6.07) is 5.48. The van der Waals surface area contributed by atoms with Crippen LogP contribution in [0.15, 0.2) is 18.2 Å². The smallest absolute Gasteiger partial charge is 0.270 e. The molecule has 0 bridgehead atoms. The Kier molecular flexibility index (Phi) is 4.49. The SMILES string of the molecule is O=[N+]([O-])c1ccc(NC2CCSCC2)c(I)c1. The molecule has 0 unspecified atom stereocenters. The van der Waals surface area contributed by atoms with Crippen LogP contribution in [0, 0.1) is 13.7 Å². The largest absolute Gasteiger partial charge is 0.381 e. The van der Waals surface area contributed by atoms with E-state index in [0.29, 0.717) is 6.04 Å². The fraction of sp³-hybridized carbons (Fsp3) is 0.455. The molecule has 1 aromatic carbocycles. The summed E-state index contributed by atoms with van der Waals surface area (Å²) >= 11 is 4.13. The van der Waals surface area contributed by atoms with E-state index < -0.39 is 0 Å². The zero-order chi connectivity index (χ0) is 12.3. The highest BCUT2D eigenvalue weighted by molar-refractivity contribution is 14.1. The van der Waals surface area contributed by atoms with Gasteiger partial charge in [0.1, 0.15) is 0 Å². The molecule has 0 amide bonds. The highest BCUT2D eigenvalue weighted by atomic mass is 127. The van der Waals surface area contributed by atoms with E-state index in [-0.39, 0.29) is 10.6 Å². The van der Waals surface area contributed by atoms with Crippen molar-refractivity contribution in [1.29, 1.82) is 0 Å². The normalized spacial score (nSPS) is 16.8. The molecule has 4 nitrogen and oxygen atoms in total. The van der Waals surface area contributed by atoms with Crippen LogP contribution >= 0.6 is 34.4 Å². The maximum atomic E-state index is 10.6. The Morgan fingerprint density at radius 2 is 2.12 bits per heavy atom. The third-order valence-electron chi connectivity index (χ3n) is 2.74. The van der Waals surface area contributed by atoms with E-state index in [1.807, 2.05) is 17.8 Å². The minimum Gasteiger partial charge on any atom is -0.381 e. The number of non-ortho nitro benzene ring substituents is 1. The van der Waals surface area contributed by atoms with E-state index >= 15 is 0 Å². The lowest BCUT2D eigenvalue weighted by Gasteiger charge is -2.24. The minimum absolute atomic E-state index is 0.152. The maximum absolute atomic E-state index is 10.6. The number of nitrogens with zero attached hydrogens (tertiary/aromatic N) is 1. The lowest BCUT2D eigenvalue weighted by molar-refractivity contribution is -0.384. The zero-order valence-electron chi connectivity index (χ0n) is 9.19. The summed E-state index contributed by atoms with van der Waals surface area (Å²) in [5.41, 5.74) is 1.16. The molecule has 1 aromatic rings. The summed E-state index contributed by atoms with van der Waals surface area (Å²) in [7, 11) is 0. The third-order valence-corrected chi connectivity index (χ3v) is 4.69. The Labute approximate surface area is 118 Å². The predicted octanol–water partition coefficient (Wildman–Crippen LogP) is 3.51. The van der Waals surface area contributed by atoms with Crippen LogP contribution in [0.5, 0.6) is 0 Å². The van der Waals surface area contributed by atoms with Crippen LogP contribution in [0.4, 0.5) is 11.4 Å². The van der Waals surface area contributed by atoms with Crippen molar-refractivity contribution in [1.82, 2.24) is 0 Å². The number of nitro benzene ring substituents is 1. The first-order chi connectivity index (χ1) is 8.16. The van der Waals surface area contributed by atoms with Crippen molar-refractivity contribution in [3.8, 4) is 0 Å². The number of nitro groups is 1. The number of rotatable bonds is 3. The third kappa shape index (κ3) is 3.48. The molecule has 0 aliphatic carbocycles. The van der Waals surface area contributed by atoms with Gasteiger partial charge in [-0.15, -0.1) is 0 Å². The molecule has 1 aliphatic heterocycles.